The molecule has 3 nitrogen and oxygen atoms in total. The first-order valence-electron chi connectivity index (χ1n) is 9.01. The van der Waals surface area contributed by atoms with Crippen molar-refractivity contribution in [3.8, 4) is 0 Å². The molecule has 25 heavy (non-hydrogen) atoms. The lowest BCUT2D eigenvalue weighted by molar-refractivity contribution is -0.121. The second kappa shape index (κ2) is 8.77. The van der Waals surface area contributed by atoms with E-state index in [0.717, 1.165) is 38.0 Å². The number of fused-ring (bicyclic) bond motifs is 1. The predicted molar refractivity (Wildman–Crippen MR) is 97.8 cm³/mol. The molecule has 1 aliphatic rings. The highest BCUT2D eigenvalue weighted by atomic mass is 19.1. The van der Waals surface area contributed by atoms with Crippen molar-refractivity contribution in [1.29, 1.82) is 0 Å². The van der Waals surface area contributed by atoms with Crippen molar-refractivity contribution in [2.75, 3.05) is 19.6 Å². The number of carbonyl (C=O) groups is 1. The molecule has 132 valence electrons. The number of benzene rings is 2. The number of halogens is 1. The van der Waals surface area contributed by atoms with E-state index in [0.29, 0.717) is 19.4 Å². The molecule has 1 heterocycles. The molecule has 0 atom stereocenters. The quantitative estimate of drug-likeness (QED) is 0.784. The number of nitrogens with zero attached hydrogens (tertiary/aromatic N) is 1. The molecule has 1 amide bonds. The first-order valence-corrected chi connectivity index (χ1v) is 9.01. The van der Waals surface area contributed by atoms with Gasteiger partial charge in [-0.05, 0) is 48.1 Å². The molecule has 0 aromatic heterocycles. The van der Waals surface area contributed by atoms with Crippen molar-refractivity contribution in [2.45, 2.75) is 32.2 Å². The van der Waals surface area contributed by atoms with Crippen LogP contribution in [0.4, 0.5) is 4.39 Å². The Morgan fingerprint density at radius 3 is 2.80 bits per heavy atom. The highest BCUT2D eigenvalue weighted by molar-refractivity contribution is 5.76. The molecule has 2 aromatic rings. The Labute approximate surface area is 148 Å². The van der Waals surface area contributed by atoms with E-state index >= 15 is 0 Å². The Balaban J connectivity index is 1.31. The third kappa shape index (κ3) is 5.40. The van der Waals surface area contributed by atoms with Gasteiger partial charge in [0.05, 0.1) is 0 Å². The average molecular weight is 340 g/mol. The molecule has 0 aliphatic carbocycles. The summed E-state index contributed by atoms with van der Waals surface area (Å²) in [6, 6.07) is 15.1. The summed E-state index contributed by atoms with van der Waals surface area (Å²) in [5, 5.41) is 2.97. The summed E-state index contributed by atoms with van der Waals surface area (Å²) in [6.07, 6.45) is 3.04. The third-order valence-corrected chi connectivity index (χ3v) is 4.71. The van der Waals surface area contributed by atoms with Crippen molar-refractivity contribution in [3.63, 3.8) is 0 Å². The normalized spacial score (nSPS) is 14.1. The zero-order chi connectivity index (χ0) is 17.5. The second-order valence-corrected chi connectivity index (χ2v) is 6.63. The molecule has 0 fully saturated rings. The van der Waals surface area contributed by atoms with E-state index in [1.54, 1.807) is 6.07 Å². The van der Waals surface area contributed by atoms with Gasteiger partial charge in [0.15, 0.2) is 0 Å². The zero-order valence-electron chi connectivity index (χ0n) is 14.5. The zero-order valence-corrected chi connectivity index (χ0v) is 14.5. The van der Waals surface area contributed by atoms with Crippen LogP contribution in [0.2, 0.25) is 0 Å². The molecular formula is C21H25FN2O. The first-order chi connectivity index (χ1) is 12.2. The van der Waals surface area contributed by atoms with Crippen LogP contribution < -0.4 is 5.32 Å². The minimum Gasteiger partial charge on any atom is -0.356 e. The van der Waals surface area contributed by atoms with E-state index in [2.05, 4.69) is 34.5 Å². The Kier molecular flexibility index (Phi) is 6.18. The van der Waals surface area contributed by atoms with Gasteiger partial charge < -0.3 is 5.32 Å². The molecule has 0 saturated heterocycles. The summed E-state index contributed by atoms with van der Waals surface area (Å²) in [5.74, 6) is -0.214. The lowest BCUT2D eigenvalue weighted by Crippen LogP contribution is -2.33. The topological polar surface area (TPSA) is 32.3 Å². The number of rotatable bonds is 7. The van der Waals surface area contributed by atoms with Crippen LogP contribution in [0.1, 0.15) is 29.5 Å². The van der Waals surface area contributed by atoms with Crippen molar-refractivity contribution in [1.82, 2.24) is 10.2 Å². The fraction of sp³-hybridized carbons (Fsp3) is 0.381. The SMILES string of the molecule is O=C(CCc1cccc(F)c1)NCCCN1CCc2ccccc2C1. The van der Waals surface area contributed by atoms with E-state index in [-0.39, 0.29) is 11.7 Å². The second-order valence-electron chi connectivity index (χ2n) is 6.63. The lowest BCUT2D eigenvalue weighted by Gasteiger charge is -2.28. The Morgan fingerprint density at radius 1 is 1.12 bits per heavy atom. The van der Waals surface area contributed by atoms with Crippen molar-refractivity contribution in [2.24, 2.45) is 0 Å². The van der Waals surface area contributed by atoms with E-state index in [9.17, 15) is 9.18 Å². The van der Waals surface area contributed by atoms with Gasteiger partial charge in [0, 0.05) is 32.6 Å². The van der Waals surface area contributed by atoms with Gasteiger partial charge in [0.1, 0.15) is 5.82 Å². The largest absolute Gasteiger partial charge is 0.356 e. The molecule has 0 bridgehead atoms. The van der Waals surface area contributed by atoms with Crippen LogP contribution in [0, 0.1) is 5.82 Å². The Hall–Kier alpha value is -2.20. The molecule has 0 saturated carbocycles. The number of aryl methyl sites for hydroxylation is 1. The van der Waals surface area contributed by atoms with Crippen molar-refractivity contribution in [3.05, 3.63) is 71.0 Å². The molecule has 0 unspecified atom stereocenters. The summed E-state index contributed by atoms with van der Waals surface area (Å²) in [7, 11) is 0. The Morgan fingerprint density at radius 2 is 1.96 bits per heavy atom. The van der Waals surface area contributed by atoms with Crippen LogP contribution in [-0.2, 0) is 24.2 Å². The summed E-state index contributed by atoms with van der Waals surface area (Å²) in [6.45, 7) is 3.78. The number of hydrogen-bond acceptors (Lipinski definition) is 2. The van der Waals surface area contributed by atoms with Gasteiger partial charge >= 0.3 is 0 Å². The minimum absolute atomic E-state index is 0.0354. The van der Waals surface area contributed by atoms with E-state index < -0.39 is 0 Å². The van der Waals surface area contributed by atoms with Crippen LogP contribution in [0.25, 0.3) is 0 Å². The standard InChI is InChI=1S/C21H25FN2O/c22-20-8-3-5-17(15-20)9-10-21(25)23-12-4-13-24-14-11-18-6-1-2-7-19(18)16-24/h1-3,5-8,15H,4,9-14,16H2,(H,23,25). The molecule has 1 N–H and O–H groups in total. The van der Waals surface area contributed by atoms with Gasteiger partial charge in [-0.1, -0.05) is 36.4 Å². The van der Waals surface area contributed by atoms with Crippen LogP contribution in [0.5, 0.6) is 0 Å². The molecule has 0 radical (unpaired) electrons. The van der Waals surface area contributed by atoms with Crippen LogP contribution in [0.15, 0.2) is 48.5 Å². The van der Waals surface area contributed by atoms with Crippen molar-refractivity contribution < 1.29 is 9.18 Å². The fourth-order valence-corrected chi connectivity index (χ4v) is 3.31. The highest BCUT2D eigenvalue weighted by Crippen LogP contribution is 2.18. The van der Waals surface area contributed by atoms with E-state index in [1.807, 2.05) is 6.07 Å². The highest BCUT2D eigenvalue weighted by Gasteiger charge is 2.14. The molecule has 1 aliphatic heterocycles. The van der Waals surface area contributed by atoms with Gasteiger partial charge in [-0.15, -0.1) is 0 Å². The average Bonchev–Trinajstić information content (AvgIpc) is 2.63. The summed E-state index contributed by atoms with van der Waals surface area (Å²) < 4.78 is 13.1. The van der Waals surface area contributed by atoms with E-state index in [4.69, 9.17) is 0 Å². The van der Waals surface area contributed by atoms with E-state index in [1.165, 1.54) is 23.3 Å². The maximum absolute atomic E-state index is 13.1. The van der Waals surface area contributed by atoms with Gasteiger partial charge in [-0.3, -0.25) is 9.69 Å². The predicted octanol–water partition coefficient (Wildman–Crippen LogP) is 3.32. The van der Waals surface area contributed by atoms with Gasteiger partial charge in [-0.2, -0.15) is 0 Å². The number of nitrogens with one attached hydrogen (secondary N) is 1. The van der Waals surface area contributed by atoms with Crippen LogP contribution in [-0.4, -0.2) is 30.4 Å². The molecule has 0 spiro atoms. The maximum atomic E-state index is 13.1. The number of hydrogen-bond donors (Lipinski definition) is 1. The smallest absolute Gasteiger partial charge is 0.220 e. The summed E-state index contributed by atoms with van der Waals surface area (Å²) in [4.78, 5) is 14.3. The lowest BCUT2D eigenvalue weighted by atomic mass is 10.00. The number of amides is 1. The monoisotopic (exact) mass is 340 g/mol. The maximum Gasteiger partial charge on any atom is 0.220 e. The Bertz CT molecular complexity index is 717. The third-order valence-electron chi connectivity index (χ3n) is 4.71. The van der Waals surface area contributed by atoms with Crippen molar-refractivity contribution >= 4 is 5.91 Å². The molecule has 3 rings (SSSR count). The van der Waals surface area contributed by atoms with Crippen LogP contribution >= 0.6 is 0 Å². The van der Waals surface area contributed by atoms with Crippen LogP contribution in [0.3, 0.4) is 0 Å². The first kappa shape index (κ1) is 17.6. The molecule has 4 heteroatoms. The van der Waals surface area contributed by atoms with Gasteiger partial charge in [-0.25, -0.2) is 4.39 Å². The summed E-state index contributed by atoms with van der Waals surface area (Å²) >= 11 is 0. The minimum atomic E-state index is -0.249. The number of carbonyl (C=O) groups excluding carboxylic acids is 1. The molecular weight excluding hydrogens is 315 g/mol. The van der Waals surface area contributed by atoms with Gasteiger partial charge in [0.2, 0.25) is 5.91 Å². The molecule has 2 aromatic carbocycles. The fourth-order valence-electron chi connectivity index (χ4n) is 3.31. The summed E-state index contributed by atoms with van der Waals surface area (Å²) in [5.41, 5.74) is 3.75. The van der Waals surface area contributed by atoms with Gasteiger partial charge in [0.25, 0.3) is 0 Å².